The van der Waals surface area contributed by atoms with E-state index in [1.165, 1.54) is 7.11 Å². The number of hydrogen-bond acceptors (Lipinski definition) is 3. The lowest BCUT2D eigenvalue weighted by Gasteiger charge is -2.15. The van der Waals surface area contributed by atoms with Crippen molar-refractivity contribution in [2.75, 3.05) is 19.0 Å². The van der Waals surface area contributed by atoms with Gasteiger partial charge in [-0.2, -0.15) is 0 Å². The molecule has 6 heteroatoms. The molecule has 0 aliphatic rings. The Kier molecular flexibility index (Phi) is 5.99. The summed E-state index contributed by atoms with van der Waals surface area (Å²) >= 11 is 0. The number of carbonyl (C=O) groups excluding carboxylic acids is 1. The minimum atomic E-state index is -1.11. The van der Waals surface area contributed by atoms with E-state index in [-0.39, 0.29) is 6.54 Å². The normalized spacial score (nSPS) is 11.8. The number of benzene rings is 1. The number of ether oxygens (including phenoxy) is 1. The second-order valence-corrected chi connectivity index (χ2v) is 4.36. The summed E-state index contributed by atoms with van der Waals surface area (Å²) in [6, 6.07) is 5.34. The first-order valence-corrected chi connectivity index (χ1v) is 6.38. The van der Waals surface area contributed by atoms with E-state index in [4.69, 9.17) is 9.84 Å². The van der Waals surface area contributed by atoms with Gasteiger partial charge in [-0.05, 0) is 24.5 Å². The van der Waals surface area contributed by atoms with Crippen LogP contribution < -0.4 is 10.6 Å². The van der Waals surface area contributed by atoms with Crippen LogP contribution in [0.3, 0.4) is 0 Å². The van der Waals surface area contributed by atoms with Crippen molar-refractivity contribution < 1.29 is 19.4 Å². The molecule has 0 aliphatic heterocycles. The predicted octanol–water partition coefficient (Wildman–Crippen LogP) is 1.78. The van der Waals surface area contributed by atoms with E-state index in [2.05, 4.69) is 10.6 Å². The third kappa shape index (κ3) is 4.24. The number of aliphatic carboxylic acids is 1. The van der Waals surface area contributed by atoms with E-state index in [1.54, 1.807) is 0 Å². The van der Waals surface area contributed by atoms with Gasteiger partial charge in [0.2, 0.25) is 0 Å². The number of carboxylic acids is 1. The first kappa shape index (κ1) is 16.0. The Labute approximate surface area is 118 Å². The summed E-state index contributed by atoms with van der Waals surface area (Å²) in [4.78, 5) is 22.6. The first-order chi connectivity index (χ1) is 9.49. The quantitative estimate of drug-likeness (QED) is 0.741. The third-order valence-electron chi connectivity index (χ3n) is 2.99. The molecule has 0 saturated heterocycles. The summed E-state index contributed by atoms with van der Waals surface area (Å²) in [7, 11) is 1.29. The number of carboxylic acid groups (broad SMARTS) is 1. The highest BCUT2D eigenvalue weighted by atomic mass is 16.5. The minimum Gasteiger partial charge on any atom is -0.479 e. The molecule has 1 atom stereocenters. The number of anilines is 1. The molecule has 3 N–H and O–H groups in total. The van der Waals surface area contributed by atoms with Gasteiger partial charge in [0.15, 0.2) is 6.10 Å². The highest BCUT2D eigenvalue weighted by Crippen LogP contribution is 2.20. The lowest BCUT2D eigenvalue weighted by Crippen LogP contribution is -2.40. The average molecular weight is 280 g/mol. The van der Waals surface area contributed by atoms with Crippen LogP contribution in [0.15, 0.2) is 18.2 Å². The van der Waals surface area contributed by atoms with Crippen LogP contribution in [-0.4, -0.2) is 36.9 Å². The summed E-state index contributed by atoms with van der Waals surface area (Å²) in [5, 5.41) is 14.0. The molecule has 0 heterocycles. The van der Waals surface area contributed by atoms with E-state index in [0.29, 0.717) is 0 Å². The van der Waals surface area contributed by atoms with Crippen LogP contribution in [0.2, 0.25) is 0 Å². The molecule has 1 aromatic rings. The summed E-state index contributed by atoms with van der Waals surface area (Å²) in [5.41, 5.74) is 2.75. The Morgan fingerprint density at radius 2 is 2.10 bits per heavy atom. The van der Waals surface area contributed by atoms with Crippen LogP contribution in [-0.2, 0) is 16.0 Å². The van der Waals surface area contributed by atoms with Crippen molar-refractivity contribution in [3.8, 4) is 0 Å². The smallest absolute Gasteiger partial charge is 0.334 e. The Morgan fingerprint density at radius 3 is 2.65 bits per heavy atom. The van der Waals surface area contributed by atoms with E-state index in [9.17, 15) is 9.59 Å². The van der Waals surface area contributed by atoms with Crippen molar-refractivity contribution in [2.24, 2.45) is 0 Å². The SMILES string of the molecule is CCc1cccc(C)c1NC(=O)NCC(OC)C(=O)O. The van der Waals surface area contributed by atoms with Crippen molar-refractivity contribution >= 4 is 17.7 Å². The van der Waals surface area contributed by atoms with E-state index in [1.807, 2.05) is 32.0 Å². The van der Waals surface area contributed by atoms with Crippen LogP contribution in [0.1, 0.15) is 18.1 Å². The molecule has 0 spiro atoms. The van der Waals surface area contributed by atoms with Crippen molar-refractivity contribution in [3.63, 3.8) is 0 Å². The van der Waals surface area contributed by atoms with Gasteiger partial charge >= 0.3 is 12.0 Å². The van der Waals surface area contributed by atoms with E-state index in [0.717, 1.165) is 23.2 Å². The number of para-hydroxylation sites is 1. The first-order valence-electron chi connectivity index (χ1n) is 6.38. The number of urea groups is 1. The number of aryl methyl sites for hydroxylation is 2. The maximum Gasteiger partial charge on any atom is 0.334 e. The molecular formula is C14H20N2O4. The summed E-state index contributed by atoms with van der Waals surface area (Å²) in [6.45, 7) is 3.82. The average Bonchev–Trinajstić information content (AvgIpc) is 2.41. The third-order valence-corrected chi connectivity index (χ3v) is 2.99. The van der Waals surface area contributed by atoms with Gasteiger partial charge in [-0.1, -0.05) is 25.1 Å². The molecule has 0 bridgehead atoms. The van der Waals surface area contributed by atoms with Crippen LogP contribution in [0, 0.1) is 6.92 Å². The zero-order valence-corrected chi connectivity index (χ0v) is 11.9. The van der Waals surface area contributed by atoms with Crippen LogP contribution in [0.25, 0.3) is 0 Å². The monoisotopic (exact) mass is 280 g/mol. The fourth-order valence-electron chi connectivity index (χ4n) is 1.82. The van der Waals surface area contributed by atoms with Gasteiger partial charge < -0.3 is 20.5 Å². The van der Waals surface area contributed by atoms with Crippen LogP contribution >= 0.6 is 0 Å². The Balaban J connectivity index is 2.65. The van der Waals surface area contributed by atoms with Crippen molar-refractivity contribution in [1.29, 1.82) is 0 Å². The zero-order valence-electron chi connectivity index (χ0n) is 11.9. The molecule has 1 aromatic carbocycles. The highest BCUT2D eigenvalue weighted by Gasteiger charge is 2.17. The van der Waals surface area contributed by atoms with Crippen LogP contribution in [0.5, 0.6) is 0 Å². The fraction of sp³-hybridized carbons (Fsp3) is 0.429. The molecule has 0 fully saturated rings. The molecule has 1 unspecified atom stereocenters. The molecule has 20 heavy (non-hydrogen) atoms. The van der Waals surface area contributed by atoms with Gasteiger partial charge in [0.1, 0.15) is 0 Å². The number of amides is 2. The minimum absolute atomic E-state index is 0.0923. The molecular weight excluding hydrogens is 260 g/mol. The number of hydrogen-bond donors (Lipinski definition) is 3. The van der Waals surface area contributed by atoms with Crippen LogP contribution in [0.4, 0.5) is 10.5 Å². The number of nitrogens with one attached hydrogen (secondary N) is 2. The number of carbonyl (C=O) groups is 2. The largest absolute Gasteiger partial charge is 0.479 e. The maximum absolute atomic E-state index is 11.8. The standard InChI is InChI=1S/C14H20N2O4/c1-4-10-7-5-6-9(2)12(10)16-14(19)15-8-11(20-3)13(17)18/h5-7,11H,4,8H2,1-3H3,(H,17,18)(H2,15,16,19). The topological polar surface area (TPSA) is 87.7 Å². The zero-order chi connectivity index (χ0) is 15.1. The van der Waals surface area contributed by atoms with E-state index >= 15 is 0 Å². The number of rotatable bonds is 6. The van der Waals surface area contributed by atoms with Gasteiger partial charge in [-0.3, -0.25) is 0 Å². The molecule has 0 saturated carbocycles. The second-order valence-electron chi connectivity index (χ2n) is 4.36. The molecule has 1 rings (SSSR count). The fourth-order valence-corrected chi connectivity index (χ4v) is 1.82. The molecule has 0 radical (unpaired) electrons. The molecule has 2 amide bonds. The van der Waals surface area contributed by atoms with Gasteiger partial charge in [0.25, 0.3) is 0 Å². The molecule has 110 valence electrons. The van der Waals surface area contributed by atoms with Gasteiger partial charge in [-0.25, -0.2) is 9.59 Å². The Hall–Kier alpha value is -2.08. The maximum atomic E-state index is 11.8. The lowest BCUT2D eigenvalue weighted by atomic mass is 10.1. The van der Waals surface area contributed by atoms with Gasteiger partial charge in [-0.15, -0.1) is 0 Å². The number of methoxy groups -OCH3 is 1. The molecule has 0 aliphatic carbocycles. The summed E-state index contributed by atoms with van der Waals surface area (Å²) in [6.07, 6.45) is -0.254. The molecule has 6 nitrogen and oxygen atoms in total. The Morgan fingerprint density at radius 1 is 1.40 bits per heavy atom. The van der Waals surface area contributed by atoms with Crippen molar-refractivity contribution in [2.45, 2.75) is 26.4 Å². The Bertz CT molecular complexity index is 488. The van der Waals surface area contributed by atoms with Crippen molar-refractivity contribution in [3.05, 3.63) is 29.3 Å². The van der Waals surface area contributed by atoms with Gasteiger partial charge in [0.05, 0.1) is 6.54 Å². The van der Waals surface area contributed by atoms with Gasteiger partial charge in [0, 0.05) is 12.8 Å². The summed E-state index contributed by atoms with van der Waals surface area (Å²) in [5.74, 6) is -1.11. The van der Waals surface area contributed by atoms with E-state index < -0.39 is 18.1 Å². The lowest BCUT2D eigenvalue weighted by molar-refractivity contribution is -0.147. The molecule has 0 aromatic heterocycles. The highest BCUT2D eigenvalue weighted by molar-refractivity contribution is 5.91. The van der Waals surface area contributed by atoms with Crippen molar-refractivity contribution in [1.82, 2.24) is 5.32 Å². The second kappa shape index (κ2) is 7.49. The predicted molar refractivity (Wildman–Crippen MR) is 76.0 cm³/mol. The summed E-state index contributed by atoms with van der Waals surface area (Å²) < 4.78 is 4.74.